The van der Waals surface area contributed by atoms with Crippen molar-refractivity contribution >= 4 is 29.5 Å². The second-order valence-corrected chi connectivity index (χ2v) is 5.23. The fraction of sp³-hybridized carbons (Fsp3) is 0.0556. The predicted octanol–water partition coefficient (Wildman–Crippen LogP) is 1.61. The lowest BCUT2D eigenvalue weighted by molar-refractivity contribution is -0.139. The topological polar surface area (TPSA) is 95.9 Å². The Balaban J connectivity index is 1.84. The van der Waals surface area contributed by atoms with Gasteiger partial charge >= 0.3 is 5.97 Å². The van der Waals surface area contributed by atoms with Crippen molar-refractivity contribution in [3.8, 4) is 5.75 Å². The van der Waals surface area contributed by atoms with Crippen molar-refractivity contribution < 1.29 is 24.2 Å². The van der Waals surface area contributed by atoms with Crippen molar-refractivity contribution in [2.24, 2.45) is 0 Å². The van der Waals surface area contributed by atoms with Gasteiger partial charge in [0.1, 0.15) is 11.3 Å². The molecule has 0 radical (unpaired) electrons. The van der Waals surface area contributed by atoms with E-state index in [0.29, 0.717) is 17.0 Å². The summed E-state index contributed by atoms with van der Waals surface area (Å²) in [6.07, 6.45) is 1.44. The number of nitrogens with one attached hydrogen (secondary N) is 1. The summed E-state index contributed by atoms with van der Waals surface area (Å²) in [5.41, 5.74) is 3.61. The SMILES string of the molecule is O=C(O)COc1cccc(/C=C2/C(=O)NN(c3ccccc3)C2=O)c1. The Morgan fingerprint density at radius 1 is 1.12 bits per heavy atom. The van der Waals surface area contributed by atoms with Crippen LogP contribution in [0.3, 0.4) is 0 Å². The van der Waals surface area contributed by atoms with Gasteiger partial charge in [-0.05, 0) is 35.9 Å². The molecule has 0 atom stereocenters. The molecular weight excluding hydrogens is 324 g/mol. The van der Waals surface area contributed by atoms with Gasteiger partial charge in [-0.1, -0.05) is 30.3 Å². The summed E-state index contributed by atoms with van der Waals surface area (Å²) in [6.45, 7) is -0.471. The molecule has 7 nitrogen and oxygen atoms in total. The second kappa shape index (κ2) is 6.88. The maximum atomic E-state index is 12.5. The Morgan fingerprint density at radius 2 is 1.88 bits per heavy atom. The van der Waals surface area contributed by atoms with Crippen molar-refractivity contribution in [1.29, 1.82) is 0 Å². The van der Waals surface area contributed by atoms with Gasteiger partial charge in [-0.2, -0.15) is 0 Å². The number of carbonyl (C=O) groups excluding carboxylic acids is 2. The van der Waals surface area contributed by atoms with Gasteiger partial charge < -0.3 is 9.84 Å². The van der Waals surface area contributed by atoms with Crippen LogP contribution in [0.1, 0.15) is 5.56 Å². The third-order valence-electron chi connectivity index (χ3n) is 3.44. The number of ether oxygens (including phenoxy) is 1. The van der Waals surface area contributed by atoms with Crippen molar-refractivity contribution in [3.63, 3.8) is 0 Å². The maximum Gasteiger partial charge on any atom is 0.341 e. The molecule has 126 valence electrons. The van der Waals surface area contributed by atoms with Gasteiger partial charge in [-0.3, -0.25) is 15.0 Å². The molecule has 0 unspecified atom stereocenters. The molecule has 25 heavy (non-hydrogen) atoms. The summed E-state index contributed by atoms with van der Waals surface area (Å²) >= 11 is 0. The van der Waals surface area contributed by atoms with E-state index in [4.69, 9.17) is 9.84 Å². The highest BCUT2D eigenvalue weighted by atomic mass is 16.5. The molecule has 1 fully saturated rings. The quantitative estimate of drug-likeness (QED) is 0.638. The van der Waals surface area contributed by atoms with Crippen LogP contribution in [0.25, 0.3) is 6.08 Å². The zero-order valence-corrected chi connectivity index (χ0v) is 13.0. The summed E-state index contributed by atoms with van der Waals surface area (Å²) in [6, 6.07) is 15.2. The van der Waals surface area contributed by atoms with Crippen molar-refractivity contribution in [2.45, 2.75) is 0 Å². The zero-order chi connectivity index (χ0) is 17.8. The number of carbonyl (C=O) groups is 3. The Labute approximate surface area is 143 Å². The van der Waals surface area contributed by atoms with E-state index in [1.54, 1.807) is 48.5 Å². The molecule has 2 N–H and O–H groups in total. The van der Waals surface area contributed by atoms with E-state index in [9.17, 15) is 14.4 Å². The molecule has 1 saturated heterocycles. The lowest BCUT2D eigenvalue weighted by Crippen LogP contribution is -2.35. The number of nitrogens with zero attached hydrogens (tertiary/aromatic N) is 1. The highest BCUT2D eigenvalue weighted by molar-refractivity contribution is 6.31. The van der Waals surface area contributed by atoms with E-state index < -0.39 is 24.4 Å². The normalized spacial score (nSPS) is 15.4. The number of carboxylic acids is 1. The molecule has 2 amide bonds. The predicted molar refractivity (Wildman–Crippen MR) is 89.6 cm³/mol. The molecule has 0 aromatic heterocycles. The van der Waals surface area contributed by atoms with Gasteiger partial charge in [0.15, 0.2) is 6.61 Å². The number of hydrogen-bond acceptors (Lipinski definition) is 4. The first-order valence-electron chi connectivity index (χ1n) is 7.41. The number of para-hydroxylation sites is 1. The van der Waals surface area contributed by atoms with Crippen LogP contribution in [0.15, 0.2) is 60.2 Å². The molecule has 0 saturated carbocycles. The highest BCUT2D eigenvalue weighted by Gasteiger charge is 2.34. The molecule has 0 bridgehead atoms. The Kier molecular flexibility index (Phi) is 4.47. The van der Waals surface area contributed by atoms with Gasteiger partial charge in [-0.15, -0.1) is 0 Å². The zero-order valence-electron chi connectivity index (χ0n) is 13.0. The molecule has 0 aliphatic carbocycles. The lowest BCUT2D eigenvalue weighted by atomic mass is 10.1. The molecule has 1 aliphatic heterocycles. The van der Waals surface area contributed by atoms with Gasteiger partial charge in [0.2, 0.25) is 0 Å². The third kappa shape index (κ3) is 3.66. The molecule has 0 spiro atoms. The smallest absolute Gasteiger partial charge is 0.341 e. The lowest BCUT2D eigenvalue weighted by Gasteiger charge is -2.13. The third-order valence-corrected chi connectivity index (χ3v) is 3.44. The van der Waals surface area contributed by atoms with Gasteiger partial charge in [0.05, 0.1) is 5.69 Å². The molecule has 1 aliphatic rings. The second-order valence-electron chi connectivity index (χ2n) is 5.23. The standard InChI is InChI=1S/C18H14N2O5/c21-16(22)11-25-14-8-4-5-12(9-14)10-15-17(23)19-20(18(15)24)13-6-2-1-3-7-13/h1-10H,11H2,(H,19,23)(H,21,22)/b15-10-. The molecule has 2 aromatic rings. The van der Waals surface area contributed by atoms with E-state index in [0.717, 1.165) is 0 Å². The molecular formula is C18H14N2O5. The number of aliphatic carboxylic acids is 1. The number of carboxylic acid groups (broad SMARTS) is 1. The van der Waals surface area contributed by atoms with E-state index in [-0.39, 0.29) is 5.57 Å². The van der Waals surface area contributed by atoms with Crippen LogP contribution in [0.5, 0.6) is 5.75 Å². The first-order valence-corrected chi connectivity index (χ1v) is 7.41. The molecule has 1 heterocycles. The minimum Gasteiger partial charge on any atom is -0.482 e. The minimum atomic E-state index is -1.09. The first kappa shape index (κ1) is 16.3. The number of benzene rings is 2. The van der Waals surface area contributed by atoms with Crippen LogP contribution in [-0.4, -0.2) is 29.5 Å². The van der Waals surface area contributed by atoms with E-state index in [2.05, 4.69) is 5.43 Å². The van der Waals surface area contributed by atoms with Gasteiger partial charge in [0, 0.05) is 0 Å². The number of hydrogen-bond donors (Lipinski definition) is 2. The van der Waals surface area contributed by atoms with Gasteiger partial charge in [-0.25, -0.2) is 9.80 Å². The Bertz CT molecular complexity index is 861. The van der Waals surface area contributed by atoms with Crippen molar-refractivity contribution in [1.82, 2.24) is 5.43 Å². The minimum absolute atomic E-state index is 0.0146. The number of amides is 2. The maximum absolute atomic E-state index is 12.5. The summed E-state index contributed by atoms with van der Waals surface area (Å²) < 4.78 is 5.09. The summed E-state index contributed by atoms with van der Waals surface area (Å²) in [5, 5.41) is 9.82. The van der Waals surface area contributed by atoms with Crippen LogP contribution in [0.4, 0.5) is 5.69 Å². The van der Waals surface area contributed by atoms with Crippen molar-refractivity contribution in [2.75, 3.05) is 11.6 Å². The summed E-state index contributed by atoms with van der Waals surface area (Å²) in [5.74, 6) is -1.73. The van der Waals surface area contributed by atoms with Crippen molar-refractivity contribution in [3.05, 3.63) is 65.7 Å². The summed E-state index contributed by atoms with van der Waals surface area (Å²) in [7, 11) is 0. The van der Waals surface area contributed by atoms with Crippen LogP contribution < -0.4 is 15.2 Å². The summed E-state index contributed by atoms with van der Waals surface area (Å²) in [4.78, 5) is 35.2. The average Bonchev–Trinajstić information content (AvgIpc) is 2.89. The van der Waals surface area contributed by atoms with Crippen LogP contribution in [0, 0.1) is 0 Å². The molecule has 3 rings (SSSR count). The molecule has 7 heteroatoms. The van der Waals surface area contributed by atoms with Crippen LogP contribution >= 0.6 is 0 Å². The highest BCUT2D eigenvalue weighted by Crippen LogP contribution is 2.22. The van der Waals surface area contributed by atoms with Crippen LogP contribution in [0.2, 0.25) is 0 Å². The largest absolute Gasteiger partial charge is 0.482 e. The number of rotatable bonds is 5. The van der Waals surface area contributed by atoms with Crippen LogP contribution in [-0.2, 0) is 14.4 Å². The fourth-order valence-electron chi connectivity index (χ4n) is 2.32. The van der Waals surface area contributed by atoms with Gasteiger partial charge in [0.25, 0.3) is 11.8 Å². The monoisotopic (exact) mass is 338 g/mol. The number of hydrazine groups is 1. The Morgan fingerprint density at radius 3 is 2.60 bits per heavy atom. The van der Waals surface area contributed by atoms with E-state index >= 15 is 0 Å². The number of anilines is 1. The Hall–Kier alpha value is -3.61. The average molecular weight is 338 g/mol. The molecule has 2 aromatic carbocycles. The first-order chi connectivity index (χ1) is 12.0. The van der Waals surface area contributed by atoms with E-state index in [1.807, 2.05) is 6.07 Å². The fourth-order valence-corrected chi connectivity index (χ4v) is 2.32. The van der Waals surface area contributed by atoms with E-state index in [1.165, 1.54) is 11.1 Å².